The number of hydrogen-bond donors (Lipinski definition) is 3. The van der Waals surface area contributed by atoms with Gasteiger partial charge in [0.15, 0.2) is 0 Å². The highest BCUT2D eigenvalue weighted by atomic mass is 19.1. The molecule has 0 fully saturated rings. The Kier molecular flexibility index (Phi) is 4.89. The molecule has 0 bridgehead atoms. The lowest BCUT2D eigenvalue weighted by molar-refractivity contribution is -0.144. The highest BCUT2D eigenvalue weighted by molar-refractivity contribution is 5.78. The van der Waals surface area contributed by atoms with E-state index in [2.05, 4.69) is 5.32 Å². The van der Waals surface area contributed by atoms with Crippen LogP contribution < -0.4 is 5.32 Å². The number of benzene rings is 1. The zero-order chi connectivity index (χ0) is 14.6. The maximum atomic E-state index is 12.9. The number of aromatic hydroxyl groups is 1. The van der Waals surface area contributed by atoms with Crippen LogP contribution in [0.1, 0.15) is 45.2 Å². The Morgan fingerprint density at radius 3 is 2.63 bits per heavy atom. The molecular weight excluding hydrogens is 249 g/mol. The van der Waals surface area contributed by atoms with Crippen LogP contribution in [0.5, 0.6) is 5.75 Å². The fourth-order valence-electron chi connectivity index (χ4n) is 2.18. The number of phenolic OH excluding ortho intramolecular Hbond substituents is 1. The van der Waals surface area contributed by atoms with E-state index in [0.29, 0.717) is 12.0 Å². The van der Waals surface area contributed by atoms with Crippen molar-refractivity contribution in [2.24, 2.45) is 0 Å². The maximum Gasteiger partial charge on any atom is 0.323 e. The predicted molar refractivity (Wildman–Crippen MR) is 70.6 cm³/mol. The SMILES string of the molecule is CCCC(C)(NC(C)c1ccc(F)cc1O)C(=O)O. The van der Waals surface area contributed by atoms with Gasteiger partial charge in [-0.1, -0.05) is 19.4 Å². The van der Waals surface area contributed by atoms with Gasteiger partial charge in [0.2, 0.25) is 0 Å². The molecule has 0 radical (unpaired) electrons. The second-order valence-corrected chi connectivity index (χ2v) is 4.96. The Morgan fingerprint density at radius 2 is 2.16 bits per heavy atom. The first kappa shape index (κ1) is 15.4. The summed E-state index contributed by atoms with van der Waals surface area (Å²) in [6, 6.07) is 3.32. The Bertz CT molecular complexity index is 464. The third-order valence-electron chi connectivity index (χ3n) is 3.22. The van der Waals surface area contributed by atoms with E-state index in [4.69, 9.17) is 0 Å². The molecule has 2 atom stereocenters. The molecule has 0 spiro atoms. The summed E-state index contributed by atoms with van der Waals surface area (Å²) in [5.41, 5.74) is -0.598. The van der Waals surface area contributed by atoms with E-state index in [0.717, 1.165) is 12.5 Å². The van der Waals surface area contributed by atoms with Crippen LogP contribution in [0.25, 0.3) is 0 Å². The van der Waals surface area contributed by atoms with Crippen LogP contribution >= 0.6 is 0 Å². The number of carbonyl (C=O) groups is 1. The van der Waals surface area contributed by atoms with Gasteiger partial charge >= 0.3 is 5.97 Å². The van der Waals surface area contributed by atoms with Crippen LogP contribution in [-0.2, 0) is 4.79 Å². The molecule has 0 aliphatic heterocycles. The van der Waals surface area contributed by atoms with Crippen molar-refractivity contribution < 1.29 is 19.4 Å². The Morgan fingerprint density at radius 1 is 1.53 bits per heavy atom. The summed E-state index contributed by atoms with van der Waals surface area (Å²) in [7, 11) is 0. The Hall–Kier alpha value is -1.62. The summed E-state index contributed by atoms with van der Waals surface area (Å²) in [6.07, 6.45) is 1.19. The van der Waals surface area contributed by atoms with Crippen LogP contribution in [0.4, 0.5) is 4.39 Å². The Labute approximate surface area is 112 Å². The number of phenols is 1. The lowest BCUT2D eigenvalue weighted by atomic mass is 9.93. The topological polar surface area (TPSA) is 69.6 Å². The lowest BCUT2D eigenvalue weighted by Gasteiger charge is -2.30. The van der Waals surface area contributed by atoms with Crippen LogP contribution in [0, 0.1) is 5.82 Å². The van der Waals surface area contributed by atoms with Crippen molar-refractivity contribution >= 4 is 5.97 Å². The van der Waals surface area contributed by atoms with Gasteiger partial charge in [-0.3, -0.25) is 10.1 Å². The molecule has 3 N–H and O–H groups in total. The van der Waals surface area contributed by atoms with Gasteiger partial charge in [-0.15, -0.1) is 0 Å². The van der Waals surface area contributed by atoms with Crippen LogP contribution in [-0.4, -0.2) is 21.7 Å². The van der Waals surface area contributed by atoms with E-state index in [1.807, 2.05) is 6.92 Å². The number of carboxylic acid groups (broad SMARTS) is 1. The van der Waals surface area contributed by atoms with Gasteiger partial charge in [0.25, 0.3) is 0 Å². The summed E-state index contributed by atoms with van der Waals surface area (Å²) in [6.45, 7) is 5.25. The van der Waals surface area contributed by atoms with Crippen LogP contribution in [0.2, 0.25) is 0 Å². The van der Waals surface area contributed by atoms with Gasteiger partial charge in [-0.2, -0.15) is 0 Å². The first-order chi connectivity index (χ1) is 8.80. The molecule has 106 valence electrons. The summed E-state index contributed by atoms with van der Waals surface area (Å²) >= 11 is 0. The third-order valence-corrected chi connectivity index (χ3v) is 3.22. The fourth-order valence-corrected chi connectivity index (χ4v) is 2.18. The molecule has 0 saturated heterocycles. The van der Waals surface area contributed by atoms with Crippen molar-refractivity contribution in [2.45, 2.75) is 45.2 Å². The average Bonchev–Trinajstić information content (AvgIpc) is 2.28. The highest BCUT2D eigenvalue weighted by Gasteiger charge is 2.33. The second-order valence-electron chi connectivity index (χ2n) is 4.96. The van der Waals surface area contributed by atoms with Crippen LogP contribution in [0.3, 0.4) is 0 Å². The van der Waals surface area contributed by atoms with Crippen molar-refractivity contribution in [3.8, 4) is 5.75 Å². The number of nitrogens with one attached hydrogen (secondary N) is 1. The zero-order valence-corrected chi connectivity index (χ0v) is 11.4. The van der Waals surface area contributed by atoms with E-state index in [-0.39, 0.29) is 5.75 Å². The molecule has 19 heavy (non-hydrogen) atoms. The minimum absolute atomic E-state index is 0.177. The largest absolute Gasteiger partial charge is 0.508 e. The summed E-state index contributed by atoms with van der Waals surface area (Å²) in [5, 5.41) is 22.0. The van der Waals surface area contributed by atoms with E-state index >= 15 is 0 Å². The molecule has 1 aromatic carbocycles. The average molecular weight is 269 g/mol. The smallest absolute Gasteiger partial charge is 0.323 e. The first-order valence-electron chi connectivity index (χ1n) is 6.29. The maximum absolute atomic E-state index is 12.9. The zero-order valence-electron chi connectivity index (χ0n) is 11.4. The first-order valence-corrected chi connectivity index (χ1v) is 6.29. The molecule has 0 aromatic heterocycles. The molecule has 0 amide bonds. The van der Waals surface area contributed by atoms with E-state index in [9.17, 15) is 19.4 Å². The molecule has 4 nitrogen and oxygen atoms in total. The minimum Gasteiger partial charge on any atom is -0.508 e. The summed E-state index contributed by atoms with van der Waals surface area (Å²) < 4.78 is 12.9. The van der Waals surface area contributed by atoms with Gasteiger partial charge in [-0.05, 0) is 26.3 Å². The van der Waals surface area contributed by atoms with Crippen molar-refractivity contribution in [3.63, 3.8) is 0 Å². The number of aliphatic carboxylic acids is 1. The molecule has 0 saturated carbocycles. The molecule has 0 heterocycles. The van der Waals surface area contributed by atoms with Crippen LogP contribution in [0.15, 0.2) is 18.2 Å². The van der Waals surface area contributed by atoms with Gasteiger partial charge in [0.1, 0.15) is 17.1 Å². The number of hydrogen-bond acceptors (Lipinski definition) is 3. The Balaban J connectivity index is 2.94. The lowest BCUT2D eigenvalue weighted by Crippen LogP contribution is -2.50. The predicted octanol–water partition coefficient (Wildman–Crippen LogP) is 2.83. The van der Waals surface area contributed by atoms with E-state index in [1.165, 1.54) is 12.1 Å². The molecule has 5 heteroatoms. The molecule has 0 aliphatic rings. The summed E-state index contributed by atoms with van der Waals surface area (Å²) in [5.74, 6) is -1.64. The highest BCUT2D eigenvalue weighted by Crippen LogP contribution is 2.27. The summed E-state index contributed by atoms with van der Waals surface area (Å²) in [4.78, 5) is 11.3. The monoisotopic (exact) mass is 269 g/mol. The van der Waals surface area contributed by atoms with Gasteiger partial charge in [0, 0.05) is 17.7 Å². The molecular formula is C14H20FNO3. The van der Waals surface area contributed by atoms with Crippen molar-refractivity contribution in [3.05, 3.63) is 29.6 Å². The van der Waals surface area contributed by atoms with Crippen molar-refractivity contribution in [1.29, 1.82) is 0 Å². The van der Waals surface area contributed by atoms with E-state index in [1.54, 1.807) is 13.8 Å². The van der Waals surface area contributed by atoms with Crippen molar-refractivity contribution in [2.75, 3.05) is 0 Å². The normalized spacial score (nSPS) is 15.8. The number of halogens is 1. The van der Waals surface area contributed by atoms with E-state index < -0.39 is 23.4 Å². The van der Waals surface area contributed by atoms with Crippen molar-refractivity contribution in [1.82, 2.24) is 5.32 Å². The minimum atomic E-state index is -1.07. The van der Waals surface area contributed by atoms with Gasteiger partial charge < -0.3 is 10.2 Å². The number of rotatable bonds is 6. The standard InChI is InChI=1S/C14H20FNO3/c1-4-7-14(3,13(18)19)16-9(2)11-6-5-10(15)8-12(11)17/h5-6,8-9,16-17H,4,7H2,1-3H3,(H,18,19). The molecule has 1 aromatic rings. The van der Waals surface area contributed by atoms with Gasteiger partial charge in [-0.25, -0.2) is 4.39 Å². The van der Waals surface area contributed by atoms with Gasteiger partial charge in [0.05, 0.1) is 0 Å². The fraction of sp³-hybridized carbons (Fsp3) is 0.500. The molecule has 0 aliphatic carbocycles. The number of carboxylic acids is 1. The third kappa shape index (κ3) is 3.67. The second kappa shape index (κ2) is 6.02. The molecule has 1 rings (SSSR count). The molecule has 2 unspecified atom stereocenters. The quantitative estimate of drug-likeness (QED) is 0.742.